The maximum Gasteiger partial charge on any atom is 0.308 e. The quantitative estimate of drug-likeness (QED) is 0.0999. The predicted molar refractivity (Wildman–Crippen MR) is 217 cm³/mol. The molecule has 0 bridgehead atoms. The van der Waals surface area contributed by atoms with Crippen molar-refractivity contribution in [2.45, 2.75) is 26.2 Å². The van der Waals surface area contributed by atoms with Gasteiger partial charge < -0.3 is 29.5 Å². The number of carbonyl (C=O) groups excluding carboxylic acids is 2. The van der Waals surface area contributed by atoms with Crippen molar-refractivity contribution in [2.24, 2.45) is 23.7 Å². The van der Waals surface area contributed by atoms with E-state index in [1.54, 1.807) is 24.3 Å². The van der Waals surface area contributed by atoms with E-state index in [0.717, 1.165) is 22.3 Å². The SMILES string of the molecule is O=C(O)[C@H]1[C@H](C(=O)N(Cc2ccccc2)Cc2ccc(Oc3ccccc3)cc2)[C@H](C(=O)O)[C@H]1C(=O)N(Cc1ccccc1)Cc1ccc(Oc2ccccc2)cc1. The van der Waals surface area contributed by atoms with Crippen LogP contribution < -0.4 is 9.47 Å². The van der Waals surface area contributed by atoms with Gasteiger partial charge >= 0.3 is 11.9 Å². The van der Waals surface area contributed by atoms with Gasteiger partial charge in [0.25, 0.3) is 0 Å². The van der Waals surface area contributed by atoms with Crippen LogP contribution in [0.1, 0.15) is 22.3 Å². The fraction of sp³-hybridized carbons (Fsp3) is 0.167. The Balaban J connectivity index is 1.14. The number of carbonyl (C=O) groups is 4. The Morgan fingerprint density at radius 2 is 0.621 bits per heavy atom. The second-order valence-electron chi connectivity index (χ2n) is 14.3. The first-order valence-corrected chi connectivity index (χ1v) is 19.0. The number of carboxylic acid groups (broad SMARTS) is 2. The smallest absolute Gasteiger partial charge is 0.308 e. The molecule has 0 atom stereocenters. The third kappa shape index (κ3) is 9.42. The van der Waals surface area contributed by atoms with Gasteiger partial charge in [-0.1, -0.05) is 121 Å². The zero-order valence-corrected chi connectivity index (χ0v) is 31.5. The van der Waals surface area contributed by atoms with Crippen LogP contribution in [0.4, 0.5) is 0 Å². The lowest BCUT2D eigenvalue weighted by Crippen LogP contribution is -2.64. The molecule has 7 rings (SSSR count). The summed E-state index contributed by atoms with van der Waals surface area (Å²) in [7, 11) is 0. The summed E-state index contributed by atoms with van der Waals surface area (Å²) in [5.41, 5.74) is 3.01. The van der Waals surface area contributed by atoms with Gasteiger partial charge in [-0.05, 0) is 70.8 Å². The van der Waals surface area contributed by atoms with Crippen molar-refractivity contribution in [3.8, 4) is 23.0 Å². The van der Waals surface area contributed by atoms with E-state index in [2.05, 4.69) is 0 Å². The van der Waals surface area contributed by atoms with Crippen molar-refractivity contribution in [3.05, 3.63) is 192 Å². The van der Waals surface area contributed by atoms with Crippen LogP contribution in [0.2, 0.25) is 0 Å². The summed E-state index contributed by atoms with van der Waals surface area (Å²) in [4.78, 5) is 58.3. The summed E-state index contributed by atoms with van der Waals surface area (Å²) < 4.78 is 11.9. The molecule has 0 aliphatic heterocycles. The molecule has 10 nitrogen and oxygen atoms in total. The van der Waals surface area contributed by atoms with E-state index in [1.807, 2.05) is 146 Å². The summed E-state index contributed by atoms with van der Waals surface area (Å²) >= 11 is 0. The first-order chi connectivity index (χ1) is 28.2. The molecule has 1 fully saturated rings. The molecule has 10 heteroatoms. The van der Waals surface area contributed by atoms with Crippen LogP contribution in [0.5, 0.6) is 23.0 Å². The Morgan fingerprint density at radius 1 is 0.362 bits per heavy atom. The predicted octanol–water partition coefficient (Wildman–Crippen LogP) is 8.68. The van der Waals surface area contributed by atoms with E-state index in [9.17, 15) is 29.4 Å². The monoisotopic (exact) mass is 774 g/mol. The molecule has 6 aromatic rings. The molecule has 1 aliphatic rings. The van der Waals surface area contributed by atoms with Crippen LogP contribution in [0, 0.1) is 23.7 Å². The highest BCUT2D eigenvalue weighted by Crippen LogP contribution is 2.49. The highest BCUT2D eigenvalue weighted by Gasteiger charge is 2.65. The minimum atomic E-state index is -1.57. The second kappa shape index (κ2) is 18.2. The van der Waals surface area contributed by atoms with Gasteiger partial charge in [0, 0.05) is 26.2 Å². The minimum absolute atomic E-state index is 0.0667. The Hall–Kier alpha value is -7.20. The van der Waals surface area contributed by atoms with Gasteiger partial charge in [0.1, 0.15) is 23.0 Å². The summed E-state index contributed by atoms with van der Waals surface area (Å²) in [6, 6.07) is 51.3. The number of hydrogen-bond donors (Lipinski definition) is 2. The molecule has 0 saturated heterocycles. The van der Waals surface area contributed by atoms with Gasteiger partial charge in [0.15, 0.2) is 0 Å². The highest BCUT2D eigenvalue weighted by molar-refractivity contribution is 5.99. The number of ether oxygens (including phenoxy) is 2. The number of carboxylic acids is 2. The normalized spacial score (nSPS) is 17.0. The number of nitrogens with zero attached hydrogens (tertiary/aromatic N) is 2. The molecule has 58 heavy (non-hydrogen) atoms. The summed E-state index contributed by atoms with van der Waals surface area (Å²) in [5.74, 6) is -7.71. The van der Waals surface area contributed by atoms with Gasteiger partial charge in [-0.3, -0.25) is 19.2 Å². The maximum atomic E-state index is 14.6. The van der Waals surface area contributed by atoms with Gasteiger partial charge in [-0.15, -0.1) is 0 Å². The van der Waals surface area contributed by atoms with Crippen LogP contribution >= 0.6 is 0 Å². The lowest BCUT2D eigenvalue weighted by atomic mass is 9.55. The van der Waals surface area contributed by atoms with Crippen molar-refractivity contribution in [2.75, 3.05) is 0 Å². The van der Waals surface area contributed by atoms with E-state index >= 15 is 0 Å². The number of benzene rings is 6. The summed E-state index contributed by atoms with van der Waals surface area (Å²) in [6.45, 7) is 0.328. The first kappa shape index (κ1) is 39.1. The average molecular weight is 775 g/mol. The van der Waals surface area contributed by atoms with Crippen molar-refractivity contribution in [1.29, 1.82) is 0 Å². The second-order valence-corrected chi connectivity index (χ2v) is 14.3. The van der Waals surface area contributed by atoms with Crippen LogP contribution in [0.3, 0.4) is 0 Å². The zero-order valence-electron chi connectivity index (χ0n) is 31.5. The standard InChI is InChI=1S/C48H42N2O8/c51-45(49(29-33-13-5-1-6-14-33)31-35-21-25-39(26-22-35)57-37-17-9-3-10-18-37)41-43(47(53)54)42(44(41)48(55)56)46(52)50(30-34-15-7-2-8-16-34)32-36-23-27-40(28-24-36)58-38-19-11-4-12-20-38/h1-28,41-44H,29-32H2,(H,53,54)(H,55,56)/t41-,42-,43-,44-. The molecule has 0 aromatic heterocycles. The highest BCUT2D eigenvalue weighted by atomic mass is 16.5. The Morgan fingerprint density at radius 3 is 0.914 bits per heavy atom. The van der Waals surface area contributed by atoms with Crippen molar-refractivity contribution in [3.63, 3.8) is 0 Å². The molecular weight excluding hydrogens is 733 g/mol. The molecule has 6 aromatic carbocycles. The molecule has 0 unspecified atom stereocenters. The van der Waals surface area contributed by atoms with E-state index in [-0.39, 0.29) is 26.2 Å². The van der Waals surface area contributed by atoms with Crippen LogP contribution in [0.15, 0.2) is 170 Å². The minimum Gasteiger partial charge on any atom is -0.481 e. The third-order valence-electron chi connectivity index (χ3n) is 10.3. The van der Waals surface area contributed by atoms with Crippen molar-refractivity contribution < 1.29 is 38.9 Å². The number of hydrogen-bond acceptors (Lipinski definition) is 6. The van der Waals surface area contributed by atoms with Crippen LogP contribution in [0.25, 0.3) is 0 Å². The topological polar surface area (TPSA) is 134 Å². The number of aliphatic carboxylic acids is 2. The van der Waals surface area contributed by atoms with Crippen LogP contribution in [-0.4, -0.2) is 43.8 Å². The average Bonchev–Trinajstić information content (AvgIpc) is 3.22. The Bertz CT molecular complexity index is 2130. The largest absolute Gasteiger partial charge is 0.481 e. The van der Waals surface area contributed by atoms with Crippen molar-refractivity contribution >= 4 is 23.8 Å². The zero-order chi connectivity index (χ0) is 40.4. The van der Waals surface area contributed by atoms with Gasteiger partial charge in [0.2, 0.25) is 11.8 Å². The molecule has 1 saturated carbocycles. The van der Waals surface area contributed by atoms with E-state index in [1.165, 1.54) is 9.80 Å². The Labute approximate surface area is 336 Å². The molecule has 2 amide bonds. The van der Waals surface area contributed by atoms with Gasteiger partial charge in [-0.2, -0.15) is 0 Å². The fourth-order valence-corrected chi connectivity index (χ4v) is 7.45. The molecule has 292 valence electrons. The van der Waals surface area contributed by atoms with Gasteiger partial charge in [-0.25, -0.2) is 0 Å². The van der Waals surface area contributed by atoms with Gasteiger partial charge in [0.05, 0.1) is 23.7 Å². The third-order valence-corrected chi connectivity index (χ3v) is 10.3. The van der Waals surface area contributed by atoms with E-state index < -0.39 is 47.4 Å². The van der Waals surface area contributed by atoms with Crippen molar-refractivity contribution in [1.82, 2.24) is 9.80 Å². The molecular formula is C48H42N2O8. The molecule has 0 spiro atoms. The summed E-state index contributed by atoms with van der Waals surface area (Å²) in [6.07, 6.45) is 0. The van der Waals surface area contributed by atoms with Crippen LogP contribution in [-0.2, 0) is 45.4 Å². The lowest BCUT2D eigenvalue weighted by Gasteiger charge is -2.48. The molecule has 2 N–H and O–H groups in total. The Kier molecular flexibility index (Phi) is 12.2. The molecule has 0 heterocycles. The summed E-state index contributed by atoms with van der Waals surface area (Å²) in [5, 5.41) is 21.3. The number of para-hydroxylation sites is 2. The first-order valence-electron chi connectivity index (χ1n) is 19.0. The number of rotatable bonds is 16. The molecule has 1 aliphatic carbocycles. The maximum absolute atomic E-state index is 14.6. The van der Waals surface area contributed by atoms with E-state index in [4.69, 9.17) is 9.47 Å². The lowest BCUT2D eigenvalue weighted by molar-refractivity contribution is -0.188. The van der Waals surface area contributed by atoms with E-state index in [0.29, 0.717) is 23.0 Å². The molecule has 0 radical (unpaired) electrons. The number of amides is 2. The fourth-order valence-electron chi connectivity index (χ4n) is 7.45.